The zero-order valence-electron chi connectivity index (χ0n) is 15.5. The summed E-state index contributed by atoms with van der Waals surface area (Å²) in [5, 5.41) is 9.00. The lowest BCUT2D eigenvalue weighted by atomic mass is 10.1. The zero-order valence-corrected chi connectivity index (χ0v) is 16.3. The fourth-order valence-corrected chi connectivity index (χ4v) is 4.55. The molecule has 0 aliphatic carbocycles. The van der Waals surface area contributed by atoms with Crippen LogP contribution in [0.15, 0.2) is 41.3 Å². The Hall–Kier alpha value is -2.57. The van der Waals surface area contributed by atoms with E-state index in [-0.39, 0.29) is 16.2 Å². The normalized spacial score (nSPS) is 13.0. The van der Waals surface area contributed by atoms with E-state index in [9.17, 15) is 21.6 Å². The Morgan fingerprint density at radius 2 is 1.71 bits per heavy atom. The van der Waals surface area contributed by atoms with Crippen LogP contribution in [0, 0.1) is 32.1 Å². The van der Waals surface area contributed by atoms with Crippen LogP contribution in [0.3, 0.4) is 0 Å². The first-order valence-corrected chi connectivity index (χ1v) is 9.73. The summed E-state index contributed by atoms with van der Waals surface area (Å²) in [6, 6.07) is 8.27. The molecule has 1 atom stereocenters. The van der Waals surface area contributed by atoms with Crippen LogP contribution >= 0.6 is 0 Å². The van der Waals surface area contributed by atoms with E-state index in [1.807, 2.05) is 6.07 Å². The molecule has 28 heavy (non-hydrogen) atoms. The highest BCUT2D eigenvalue weighted by Crippen LogP contribution is 2.27. The van der Waals surface area contributed by atoms with Gasteiger partial charge in [-0.05, 0) is 44.0 Å². The average molecular weight is 412 g/mol. The van der Waals surface area contributed by atoms with Crippen molar-refractivity contribution in [1.29, 1.82) is 5.26 Å². The van der Waals surface area contributed by atoms with Crippen LogP contribution < -0.4 is 9.46 Å². The van der Waals surface area contributed by atoms with Gasteiger partial charge >= 0.3 is 6.18 Å². The molecule has 9 heteroatoms. The smallest absolute Gasteiger partial charge is 0.408 e. The number of alkyl halides is 3. The molecule has 150 valence electrons. The summed E-state index contributed by atoms with van der Waals surface area (Å²) in [5.74, 6) is -0.0545. The van der Waals surface area contributed by atoms with Gasteiger partial charge in [-0.3, -0.25) is 0 Å². The highest BCUT2D eigenvalue weighted by Gasteiger charge is 2.43. The summed E-state index contributed by atoms with van der Waals surface area (Å²) in [6.07, 6.45) is -4.89. The SMILES string of the molecule is Cc1cc(C)c(S(=O)(=O)NC(COc2ccccc2C#N)C(F)(F)F)c(C)c1. The highest BCUT2D eigenvalue weighted by atomic mass is 32.2. The van der Waals surface area contributed by atoms with Crippen molar-refractivity contribution in [2.45, 2.75) is 37.9 Å². The van der Waals surface area contributed by atoms with Crippen LogP contribution in [0.2, 0.25) is 0 Å². The molecule has 5 nitrogen and oxygen atoms in total. The van der Waals surface area contributed by atoms with Gasteiger partial charge in [-0.25, -0.2) is 8.42 Å². The summed E-state index contributed by atoms with van der Waals surface area (Å²) in [5.41, 5.74) is 1.55. The molecule has 0 spiro atoms. The van der Waals surface area contributed by atoms with Gasteiger partial charge in [0.25, 0.3) is 0 Å². The van der Waals surface area contributed by atoms with Crippen molar-refractivity contribution in [2.24, 2.45) is 0 Å². The molecule has 0 bridgehead atoms. The van der Waals surface area contributed by atoms with Crippen LogP contribution in [-0.2, 0) is 10.0 Å². The van der Waals surface area contributed by atoms with Crippen LogP contribution in [0.5, 0.6) is 5.75 Å². The quantitative estimate of drug-likeness (QED) is 0.783. The molecular weight excluding hydrogens is 393 g/mol. The van der Waals surface area contributed by atoms with E-state index in [0.29, 0.717) is 11.1 Å². The van der Waals surface area contributed by atoms with Gasteiger partial charge in [-0.1, -0.05) is 29.8 Å². The first-order valence-electron chi connectivity index (χ1n) is 8.24. The minimum atomic E-state index is -4.89. The van der Waals surface area contributed by atoms with Crippen LogP contribution in [0.4, 0.5) is 13.2 Å². The first kappa shape index (κ1) is 21.7. The van der Waals surface area contributed by atoms with E-state index in [4.69, 9.17) is 10.00 Å². The maximum absolute atomic E-state index is 13.4. The number of sulfonamides is 1. The Morgan fingerprint density at radius 3 is 2.25 bits per heavy atom. The number of benzene rings is 2. The number of nitrogens with zero attached hydrogens (tertiary/aromatic N) is 1. The van der Waals surface area contributed by atoms with Gasteiger partial charge < -0.3 is 4.74 Å². The summed E-state index contributed by atoms with van der Waals surface area (Å²) in [4.78, 5) is -0.190. The predicted octanol–water partition coefficient (Wildman–Crippen LogP) is 3.77. The molecule has 0 saturated carbocycles. The van der Waals surface area contributed by atoms with Gasteiger partial charge in [0.15, 0.2) is 6.04 Å². The molecule has 0 aliphatic rings. The van der Waals surface area contributed by atoms with Crippen molar-refractivity contribution >= 4 is 10.0 Å². The van der Waals surface area contributed by atoms with Gasteiger partial charge in [-0.2, -0.15) is 23.2 Å². The van der Waals surface area contributed by atoms with E-state index in [2.05, 4.69) is 0 Å². The fourth-order valence-electron chi connectivity index (χ4n) is 2.89. The number of nitriles is 1. The minimum Gasteiger partial charge on any atom is -0.490 e. The van der Waals surface area contributed by atoms with Crippen LogP contribution in [-0.4, -0.2) is 27.2 Å². The summed E-state index contributed by atoms with van der Waals surface area (Å²) in [6.45, 7) is 3.81. The maximum Gasteiger partial charge on any atom is 0.408 e. The van der Waals surface area contributed by atoms with E-state index >= 15 is 0 Å². The Morgan fingerprint density at radius 1 is 1.14 bits per heavy atom. The number of hydrogen-bond donors (Lipinski definition) is 1. The molecule has 0 saturated heterocycles. The third-order valence-corrected chi connectivity index (χ3v) is 5.76. The van der Waals surface area contributed by atoms with Crippen molar-refractivity contribution < 1.29 is 26.3 Å². The lowest BCUT2D eigenvalue weighted by Crippen LogP contribution is -2.49. The monoisotopic (exact) mass is 412 g/mol. The second-order valence-corrected chi connectivity index (χ2v) is 8.01. The van der Waals surface area contributed by atoms with Crippen molar-refractivity contribution in [3.8, 4) is 11.8 Å². The highest BCUT2D eigenvalue weighted by molar-refractivity contribution is 7.89. The number of nitrogens with one attached hydrogen (secondary N) is 1. The topological polar surface area (TPSA) is 79.2 Å². The molecule has 0 fully saturated rings. The molecule has 0 radical (unpaired) electrons. The summed E-state index contributed by atoms with van der Waals surface area (Å²) >= 11 is 0. The molecule has 2 aromatic rings. The molecule has 0 heterocycles. The lowest BCUT2D eigenvalue weighted by molar-refractivity contribution is -0.157. The predicted molar refractivity (Wildman–Crippen MR) is 97.5 cm³/mol. The molecule has 0 amide bonds. The third kappa shape index (κ3) is 5.03. The molecule has 1 unspecified atom stereocenters. The summed E-state index contributed by atoms with van der Waals surface area (Å²) < 4.78 is 72.5. The maximum atomic E-state index is 13.4. The Balaban J connectivity index is 2.31. The molecule has 0 aliphatic heterocycles. The molecule has 2 aromatic carbocycles. The van der Waals surface area contributed by atoms with Gasteiger partial charge in [0.2, 0.25) is 10.0 Å². The van der Waals surface area contributed by atoms with Gasteiger partial charge in [0, 0.05) is 0 Å². The molecule has 0 aromatic heterocycles. The van der Waals surface area contributed by atoms with Crippen LogP contribution in [0.25, 0.3) is 0 Å². The number of aryl methyl sites for hydroxylation is 3. The number of ether oxygens (including phenoxy) is 1. The van der Waals surface area contributed by atoms with E-state index in [0.717, 1.165) is 5.56 Å². The second kappa shape index (κ2) is 8.20. The standard InChI is InChI=1S/C19H19F3N2O3S/c1-12-8-13(2)18(14(3)9-12)28(25,26)24-17(19(20,21)22)11-27-16-7-5-4-6-15(16)10-23/h4-9,17,24H,11H2,1-3H3. The third-order valence-electron chi connectivity index (χ3n) is 3.98. The van der Waals surface area contributed by atoms with E-state index in [1.54, 1.807) is 23.8 Å². The van der Waals surface area contributed by atoms with Crippen molar-refractivity contribution in [3.05, 3.63) is 58.7 Å². The van der Waals surface area contributed by atoms with E-state index in [1.165, 1.54) is 38.1 Å². The molecule has 2 rings (SSSR count). The average Bonchev–Trinajstić information content (AvgIpc) is 2.56. The number of para-hydroxylation sites is 1. The Bertz CT molecular complexity index is 989. The largest absolute Gasteiger partial charge is 0.490 e. The second-order valence-electron chi connectivity index (χ2n) is 6.36. The molecular formula is C19H19F3N2O3S. The number of rotatable bonds is 6. The van der Waals surface area contributed by atoms with E-state index < -0.39 is 28.8 Å². The van der Waals surface area contributed by atoms with Crippen molar-refractivity contribution in [1.82, 2.24) is 4.72 Å². The number of halogens is 3. The fraction of sp³-hybridized carbons (Fsp3) is 0.316. The van der Waals surface area contributed by atoms with Crippen molar-refractivity contribution in [2.75, 3.05) is 6.61 Å². The number of hydrogen-bond acceptors (Lipinski definition) is 4. The Labute approximate surface area is 161 Å². The van der Waals surface area contributed by atoms with Gasteiger partial charge in [-0.15, -0.1) is 0 Å². The van der Waals surface area contributed by atoms with Crippen molar-refractivity contribution in [3.63, 3.8) is 0 Å². The lowest BCUT2D eigenvalue weighted by Gasteiger charge is -2.23. The minimum absolute atomic E-state index is 0.0523. The van der Waals surface area contributed by atoms with Gasteiger partial charge in [0.05, 0.1) is 10.5 Å². The van der Waals surface area contributed by atoms with Crippen LogP contribution in [0.1, 0.15) is 22.3 Å². The zero-order chi connectivity index (χ0) is 21.1. The molecule has 1 N–H and O–H groups in total. The first-order chi connectivity index (χ1) is 13.0. The summed E-state index contributed by atoms with van der Waals surface area (Å²) in [7, 11) is -4.46. The van der Waals surface area contributed by atoms with Gasteiger partial charge in [0.1, 0.15) is 18.4 Å². The Kier molecular flexibility index (Phi) is 6.37.